The Bertz CT molecular complexity index is 1650. The van der Waals surface area contributed by atoms with E-state index >= 15 is 0 Å². The number of para-hydroxylation sites is 2. The number of hydrogen-bond donors (Lipinski definition) is 3. The van der Waals surface area contributed by atoms with Crippen LogP contribution in [-0.2, 0) is 16.1 Å². The highest BCUT2D eigenvalue weighted by Crippen LogP contribution is 2.36. The molecule has 0 radical (unpaired) electrons. The Balaban J connectivity index is 1.66. The normalized spacial score (nSPS) is 16.5. The van der Waals surface area contributed by atoms with Crippen LogP contribution >= 0.6 is 0 Å². The van der Waals surface area contributed by atoms with E-state index in [1.807, 2.05) is 61.5 Å². The Morgan fingerprint density at radius 2 is 1.60 bits per heavy atom. The lowest BCUT2D eigenvalue weighted by molar-refractivity contribution is -0.128. The number of amides is 3. The van der Waals surface area contributed by atoms with Gasteiger partial charge in [0.05, 0.1) is 36.6 Å². The average Bonchev–Trinajstić information content (AvgIpc) is 3.12. The summed E-state index contributed by atoms with van der Waals surface area (Å²) in [7, 11) is 1.67. The zero-order chi connectivity index (χ0) is 30.0. The molecular weight excluding hydrogens is 528 g/mol. The zero-order valence-corrected chi connectivity index (χ0v) is 24.3. The van der Waals surface area contributed by atoms with Crippen LogP contribution in [-0.4, -0.2) is 48.5 Å². The number of nitrogens with zero attached hydrogens (tertiary/aromatic N) is 2. The number of nitrogens with one attached hydrogen (secondary N) is 2. The molecule has 0 saturated heterocycles. The van der Waals surface area contributed by atoms with E-state index in [4.69, 9.17) is 0 Å². The number of aliphatic hydroxyl groups excluding tert-OH is 1. The molecule has 216 valence electrons. The highest BCUT2D eigenvalue weighted by Gasteiger charge is 2.38. The molecule has 4 aromatic carbocycles. The first-order valence-electron chi connectivity index (χ1n) is 14.2. The van der Waals surface area contributed by atoms with Crippen LogP contribution in [0.2, 0.25) is 0 Å². The van der Waals surface area contributed by atoms with Crippen molar-refractivity contribution in [2.75, 3.05) is 23.4 Å². The molecule has 0 unspecified atom stereocenters. The first kappa shape index (κ1) is 29.0. The van der Waals surface area contributed by atoms with Crippen LogP contribution in [0.15, 0.2) is 84.9 Å². The molecule has 0 fully saturated rings. The molecule has 0 bridgehead atoms. The van der Waals surface area contributed by atoms with E-state index in [0.717, 1.165) is 21.9 Å². The van der Waals surface area contributed by atoms with E-state index in [9.17, 15) is 19.5 Å². The second-order valence-corrected chi connectivity index (χ2v) is 10.7. The van der Waals surface area contributed by atoms with Crippen molar-refractivity contribution in [1.29, 1.82) is 0 Å². The molecule has 1 aliphatic rings. The summed E-state index contributed by atoms with van der Waals surface area (Å²) in [6.45, 7) is 5.53. The number of benzene rings is 4. The van der Waals surface area contributed by atoms with Gasteiger partial charge in [0.15, 0.2) is 0 Å². The van der Waals surface area contributed by atoms with Crippen LogP contribution in [0.4, 0.5) is 11.4 Å². The lowest BCUT2D eigenvalue weighted by atomic mass is 9.99. The fraction of sp³-hybridized carbons (Fsp3) is 0.265. The van der Waals surface area contributed by atoms with Crippen LogP contribution in [0.3, 0.4) is 0 Å². The number of aliphatic hydroxyl groups is 1. The second-order valence-electron chi connectivity index (χ2n) is 10.7. The number of likely N-dealkylation sites (N-methyl/N-ethyl adjacent to an activating group) is 1. The SMILES string of the molecule is CN[C@@H](C)C(=O)N[C@H]1CN(C(=O)c2ccccc2[C@@H](C)O)c2ccccc2N(Cc2c(C)ccc3ccccc23)C1=O. The molecule has 8 nitrogen and oxygen atoms in total. The van der Waals surface area contributed by atoms with Crippen LogP contribution in [0.25, 0.3) is 10.8 Å². The van der Waals surface area contributed by atoms with Gasteiger partial charge in [-0.2, -0.15) is 0 Å². The van der Waals surface area contributed by atoms with Crippen molar-refractivity contribution in [2.45, 2.75) is 45.5 Å². The maximum absolute atomic E-state index is 14.4. The Labute approximate surface area is 245 Å². The van der Waals surface area contributed by atoms with Gasteiger partial charge in [0.1, 0.15) is 6.04 Å². The molecule has 0 saturated carbocycles. The predicted octanol–water partition coefficient (Wildman–Crippen LogP) is 4.49. The molecule has 42 heavy (non-hydrogen) atoms. The Morgan fingerprint density at radius 3 is 2.33 bits per heavy atom. The van der Waals surface area contributed by atoms with Crippen molar-refractivity contribution in [3.05, 3.63) is 107 Å². The summed E-state index contributed by atoms with van der Waals surface area (Å²) in [5.41, 5.74) is 3.96. The first-order chi connectivity index (χ1) is 20.2. The van der Waals surface area contributed by atoms with Crippen LogP contribution in [0.1, 0.15) is 47.0 Å². The summed E-state index contributed by atoms with van der Waals surface area (Å²) >= 11 is 0. The lowest BCUT2D eigenvalue weighted by Gasteiger charge is -2.27. The third kappa shape index (κ3) is 5.51. The van der Waals surface area contributed by atoms with Gasteiger partial charge in [-0.05, 0) is 73.5 Å². The maximum Gasteiger partial charge on any atom is 0.258 e. The summed E-state index contributed by atoms with van der Waals surface area (Å²) < 4.78 is 0. The largest absolute Gasteiger partial charge is 0.389 e. The van der Waals surface area contributed by atoms with Gasteiger partial charge >= 0.3 is 0 Å². The zero-order valence-electron chi connectivity index (χ0n) is 24.3. The van der Waals surface area contributed by atoms with Gasteiger partial charge in [0.2, 0.25) is 5.91 Å². The molecule has 3 atom stereocenters. The Hall–Kier alpha value is -4.53. The molecule has 4 aromatic rings. The topological polar surface area (TPSA) is 102 Å². The number of aryl methyl sites for hydroxylation is 1. The van der Waals surface area contributed by atoms with Crippen LogP contribution < -0.4 is 20.4 Å². The monoisotopic (exact) mass is 564 g/mol. The number of anilines is 2. The second kappa shape index (κ2) is 12.1. The van der Waals surface area contributed by atoms with Crippen molar-refractivity contribution >= 4 is 39.9 Å². The van der Waals surface area contributed by atoms with E-state index < -0.39 is 18.2 Å². The number of rotatable bonds is 7. The third-order valence-corrected chi connectivity index (χ3v) is 8.01. The molecule has 5 rings (SSSR count). The van der Waals surface area contributed by atoms with Gasteiger partial charge in [-0.3, -0.25) is 14.4 Å². The minimum atomic E-state index is -1.02. The summed E-state index contributed by atoms with van der Waals surface area (Å²) in [6, 6.07) is 24.8. The summed E-state index contributed by atoms with van der Waals surface area (Å²) in [6.07, 6.45) is -0.869. The first-order valence-corrected chi connectivity index (χ1v) is 14.2. The number of carbonyl (C=O) groups is 3. The van der Waals surface area contributed by atoms with Crippen molar-refractivity contribution < 1.29 is 19.5 Å². The van der Waals surface area contributed by atoms with Crippen molar-refractivity contribution in [2.24, 2.45) is 0 Å². The molecule has 0 aliphatic carbocycles. The average molecular weight is 565 g/mol. The van der Waals surface area contributed by atoms with Gasteiger partial charge in [-0.15, -0.1) is 0 Å². The summed E-state index contributed by atoms with van der Waals surface area (Å²) in [5.74, 6) is -1.03. The van der Waals surface area contributed by atoms with E-state index in [1.54, 1.807) is 55.0 Å². The highest BCUT2D eigenvalue weighted by molar-refractivity contribution is 6.13. The van der Waals surface area contributed by atoms with E-state index in [1.165, 1.54) is 0 Å². The fourth-order valence-electron chi connectivity index (χ4n) is 5.49. The van der Waals surface area contributed by atoms with E-state index in [-0.39, 0.29) is 30.8 Å². The van der Waals surface area contributed by atoms with Crippen LogP contribution in [0.5, 0.6) is 0 Å². The molecule has 3 N–H and O–H groups in total. The van der Waals surface area contributed by atoms with Crippen molar-refractivity contribution in [3.63, 3.8) is 0 Å². The quantitative estimate of drug-likeness (QED) is 0.307. The third-order valence-electron chi connectivity index (χ3n) is 8.01. The van der Waals surface area contributed by atoms with Gasteiger partial charge in [0, 0.05) is 5.56 Å². The minimum Gasteiger partial charge on any atom is -0.389 e. The van der Waals surface area contributed by atoms with Gasteiger partial charge in [-0.25, -0.2) is 0 Å². The fourth-order valence-corrected chi connectivity index (χ4v) is 5.49. The van der Waals surface area contributed by atoms with Gasteiger partial charge in [0.25, 0.3) is 11.8 Å². The minimum absolute atomic E-state index is 0.0734. The molecule has 1 heterocycles. The van der Waals surface area contributed by atoms with Crippen LogP contribution in [0, 0.1) is 6.92 Å². The van der Waals surface area contributed by atoms with Gasteiger partial charge in [-0.1, -0.05) is 66.7 Å². The van der Waals surface area contributed by atoms with E-state index in [2.05, 4.69) is 16.7 Å². The van der Waals surface area contributed by atoms with Gasteiger partial charge < -0.3 is 25.5 Å². The smallest absolute Gasteiger partial charge is 0.258 e. The van der Waals surface area contributed by atoms with E-state index in [0.29, 0.717) is 22.5 Å². The predicted molar refractivity (Wildman–Crippen MR) is 166 cm³/mol. The summed E-state index contributed by atoms with van der Waals surface area (Å²) in [4.78, 5) is 44.9. The molecule has 1 aliphatic heterocycles. The van der Waals surface area contributed by atoms with Crippen molar-refractivity contribution in [1.82, 2.24) is 10.6 Å². The maximum atomic E-state index is 14.4. The Morgan fingerprint density at radius 1 is 0.929 bits per heavy atom. The number of carbonyl (C=O) groups excluding carboxylic acids is 3. The summed E-state index contributed by atoms with van der Waals surface area (Å²) in [5, 5.41) is 18.3. The molecule has 0 spiro atoms. The number of hydrogen-bond acceptors (Lipinski definition) is 5. The Kier molecular flexibility index (Phi) is 8.38. The number of fused-ring (bicyclic) bond motifs is 2. The van der Waals surface area contributed by atoms with Crippen molar-refractivity contribution in [3.8, 4) is 0 Å². The lowest BCUT2D eigenvalue weighted by Crippen LogP contribution is -2.55. The standard InChI is InChI=1S/C34H36N4O4/c1-21-17-18-24-11-5-6-13-26(24)28(21)19-37-30-15-9-10-16-31(30)38(20-29(34(37)42)36-32(40)22(2)35-4)33(41)27-14-8-7-12-25(27)23(3)39/h5-18,22-23,29,35,39H,19-20H2,1-4H3,(H,36,40)/t22-,23+,29-/m0/s1. The molecule has 3 amide bonds. The molecule has 0 aromatic heterocycles. The molecular formula is C34H36N4O4. The molecule has 8 heteroatoms. The highest BCUT2D eigenvalue weighted by atomic mass is 16.3.